The molecule has 0 aliphatic carbocycles. The monoisotopic (exact) mass is 567 g/mol. The molecule has 1 heteroatoms. The Bertz CT molecular complexity index is 1260. The first-order valence-electron chi connectivity index (χ1n) is 16.7. The van der Waals surface area contributed by atoms with Crippen molar-refractivity contribution in [3.8, 4) is 5.69 Å². The van der Waals surface area contributed by atoms with Crippen LogP contribution in [-0.2, 0) is 0 Å². The zero-order valence-electron chi connectivity index (χ0n) is 28.7. The molecule has 0 bridgehead atoms. The molecule has 1 heterocycles. The van der Waals surface area contributed by atoms with Crippen LogP contribution >= 0.6 is 0 Å². The molecule has 0 saturated heterocycles. The number of aromatic nitrogens is 1. The van der Waals surface area contributed by atoms with Crippen LogP contribution in [0.5, 0.6) is 0 Å². The molecule has 1 nitrogen and oxygen atoms in total. The van der Waals surface area contributed by atoms with E-state index in [4.69, 9.17) is 0 Å². The van der Waals surface area contributed by atoms with Crippen molar-refractivity contribution in [1.29, 1.82) is 0 Å². The Balaban J connectivity index is 0.00000301. The highest BCUT2D eigenvalue weighted by Crippen LogP contribution is 2.35. The molecule has 0 fully saturated rings. The third-order valence-electron chi connectivity index (χ3n) is 7.75. The maximum atomic E-state index is 2.45. The molecule has 230 valence electrons. The summed E-state index contributed by atoms with van der Waals surface area (Å²) < 4.78 is 2.44. The van der Waals surface area contributed by atoms with Gasteiger partial charge in [-0.25, -0.2) is 0 Å². The van der Waals surface area contributed by atoms with Crippen LogP contribution in [-0.4, -0.2) is 4.57 Å². The minimum Gasteiger partial charge on any atom is -0.309 e. The summed E-state index contributed by atoms with van der Waals surface area (Å²) in [5.41, 5.74) is 5.66. The summed E-state index contributed by atoms with van der Waals surface area (Å²) in [6.07, 6.45) is 23.0. The van der Waals surface area contributed by atoms with Crippen LogP contribution in [0.1, 0.15) is 125 Å². The van der Waals surface area contributed by atoms with Crippen LogP contribution in [0.3, 0.4) is 0 Å². The van der Waals surface area contributed by atoms with E-state index >= 15 is 0 Å². The van der Waals surface area contributed by atoms with E-state index in [-0.39, 0.29) is 5.41 Å². The smallest absolute Gasteiger partial charge is 0.0541 e. The second kappa shape index (κ2) is 17.3. The fourth-order valence-corrected chi connectivity index (χ4v) is 6.05. The molecule has 0 aliphatic heterocycles. The van der Waals surface area contributed by atoms with Crippen LogP contribution < -0.4 is 0 Å². The fourth-order valence-electron chi connectivity index (χ4n) is 6.05. The number of allylic oxidation sites excluding steroid dienone is 4. The first kappa shape index (κ1) is 35.4. The summed E-state index contributed by atoms with van der Waals surface area (Å²) in [6, 6.07) is 19.7. The molecule has 2 atom stereocenters. The van der Waals surface area contributed by atoms with Gasteiger partial charge in [0.25, 0.3) is 0 Å². The van der Waals surface area contributed by atoms with Gasteiger partial charge in [-0.1, -0.05) is 155 Å². The van der Waals surface area contributed by atoms with E-state index in [9.17, 15) is 0 Å². The summed E-state index contributed by atoms with van der Waals surface area (Å²) >= 11 is 0. The lowest BCUT2D eigenvalue weighted by Gasteiger charge is -2.30. The Hall–Kier alpha value is -2.80. The SMILES string of the molecule is CC.CCCCCC(C)/C=C\c1c(C=CCCC(C)/C=C\C(C)(C)CC(C)(C)C)n(-c2ccccc2)c2ccccc12. The predicted octanol–water partition coefficient (Wildman–Crippen LogP) is 13.3. The first-order valence-corrected chi connectivity index (χ1v) is 16.7. The minimum atomic E-state index is 0.230. The van der Waals surface area contributed by atoms with Gasteiger partial charge in [0.15, 0.2) is 0 Å². The fraction of sp³-hybridized carbons (Fsp3) is 0.512. The molecule has 1 aromatic heterocycles. The molecule has 0 spiro atoms. The molecular formula is C41H61N. The number of benzene rings is 2. The normalized spacial score (nSPS) is 14.1. The average molecular weight is 568 g/mol. The highest BCUT2D eigenvalue weighted by atomic mass is 15.0. The highest BCUT2D eigenvalue weighted by molar-refractivity contribution is 5.95. The van der Waals surface area contributed by atoms with E-state index in [0.717, 1.165) is 12.8 Å². The molecular weight excluding hydrogens is 506 g/mol. The predicted molar refractivity (Wildman–Crippen MR) is 191 cm³/mol. The minimum absolute atomic E-state index is 0.230. The van der Waals surface area contributed by atoms with Gasteiger partial charge in [-0.3, -0.25) is 0 Å². The second-order valence-corrected chi connectivity index (χ2v) is 13.9. The summed E-state index contributed by atoms with van der Waals surface area (Å²) in [5.74, 6) is 1.14. The third kappa shape index (κ3) is 11.5. The molecule has 0 aliphatic rings. The van der Waals surface area contributed by atoms with Gasteiger partial charge in [-0.2, -0.15) is 0 Å². The van der Waals surface area contributed by atoms with Crippen LogP contribution in [0.2, 0.25) is 0 Å². The van der Waals surface area contributed by atoms with E-state index < -0.39 is 0 Å². The van der Waals surface area contributed by atoms with Crippen LogP contribution in [0.15, 0.2) is 78.9 Å². The van der Waals surface area contributed by atoms with Gasteiger partial charge in [-0.15, -0.1) is 0 Å². The number of fused-ring (bicyclic) bond motifs is 1. The van der Waals surface area contributed by atoms with E-state index in [1.807, 2.05) is 13.8 Å². The zero-order chi connectivity index (χ0) is 31.2. The Morgan fingerprint density at radius 1 is 0.762 bits per heavy atom. The van der Waals surface area contributed by atoms with Crippen molar-refractivity contribution in [3.05, 3.63) is 90.2 Å². The number of para-hydroxylation sites is 2. The van der Waals surface area contributed by atoms with Gasteiger partial charge in [-0.05, 0) is 72.6 Å². The van der Waals surface area contributed by atoms with Crippen LogP contribution in [0.25, 0.3) is 28.7 Å². The van der Waals surface area contributed by atoms with E-state index in [0.29, 0.717) is 17.3 Å². The summed E-state index contributed by atoms with van der Waals surface area (Å²) in [5, 5.41) is 1.32. The molecule has 42 heavy (non-hydrogen) atoms. The topological polar surface area (TPSA) is 4.93 Å². The third-order valence-corrected chi connectivity index (χ3v) is 7.75. The Morgan fingerprint density at radius 2 is 1.40 bits per heavy atom. The van der Waals surface area contributed by atoms with Gasteiger partial charge in [0.1, 0.15) is 0 Å². The van der Waals surface area contributed by atoms with Crippen molar-refractivity contribution >= 4 is 23.1 Å². The van der Waals surface area contributed by atoms with Gasteiger partial charge >= 0.3 is 0 Å². The van der Waals surface area contributed by atoms with E-state index in [2.05, 4.69) is 151 Å². The summed E-state index contributed by atoms with van der Waals surface area (Å²) in [7, 11) is 0. The Morgan fingerprint density at radius 3 is 2.07 bits per heavy atom. The largest absolute Gasteiger partial charge is 0.309 e. The molecule has 2 aromatic carbocycles. The Kier molecular flexibility index (Phi) is 14.6. The van der Waals surface area contributed by atoms with Crippen molar-refractivity contribution in [1.82, 2.24) is 4.57 Å². The zero-order valence-corrected chi connectivity index (χ0v) is 28.7. The number of unbranched alkanes of at least 4 members (excludes halogenated alkanes) is 2. The first-order chi connectivity index (χ1) is 20.0. The highest BCUT2D eigenvalue weighted by Gasteiger charge is 2.23. The van der Waals surface area contributed by atoms with Crippen molar-refractivity contribution in [2.24, 2.45) is 22.7 Å². The quantitative estimate of drug-likeness (QED) is 0.135. The molecule has 0 N–H and O–H groups in total. The van der Waals surface area contributed by atoms with Gasteiger partial charge in [0, 0.05) is 16.6 Å². The summed E-state index contributed by atoms with van der Waals surface area (Å²) in [6.45, 7) is 22.7. The molecule has 3 aromatic rings. The maximum absolute atomic E-state index is 2.45. The second-order valence-electron chi connectivity index (χ2n) is 13.9. The van der Waals surface area contributed by atoms with E-state index in [1.165, 1.54) is 60.0 Å². The van der Waals surface area contributed by atoms with Gasteiger partial charge in [0.05, 0.1) is 11.2 Å². The molecule has 2 unspecified atom stereocenters. The van der Waals surface area contributed by atoms with E-state index in [1.54, 1.807) is 0 Å². The van der Waals surface area contributed by atoms with Gasteiger partial charge in [0.2, 0.25) is 0 Å². The van der Waals surface area contributed by atoms with Crippen LogP contribution in [0, 0.1) is 22.7 Å². The lowest BCUT2D eigenvalue weighted by Crippen LogP contribution is -2.18. The lowest BCUT2D eigenvalue weighted by molar-refractivity contribution is 0.261. The van der Waals surface area contributed by atoms with Crippen molar-refractivity contribution < 1.29 is 0 Å². The van der Waals surface area contributed by atoms with Crippen LogP contribution in [0.4, 0.5) is 0 Å². The molecule has 0 amide bonds. The standard InChI is InChI=1S/C39H55N.C2H6/c1-9-10-12-19-31(2)26-27-35-34-23-16-18-25-36(34)40(33-21-13-11-14-22-33)37(35)24-17-15-20-32(3)28-29-39(7,8)30-38(4,5)6;1-2/h11,13-14,16-18,21-29,31-32H,9-10,12,15,19-20,30H2,1-8H3;1-2H3/b24-17?,27-26-,29-28-;. The molecule has 3 rings (SSSR count). The molecule has 0 saturated carbocycles. The average Bonchev–Trinajstić information content (AvgIpc) is 3.26. The van der Waals surface area contributed by atoms with Crippen molar-refractivity contribution in [2.45, 2.75) is 114 Å². The number of rotatable bonds is 14. The Labute approximate surface area is 259 Å². The lowest BCUT2D eigenvalue weighted by atomic mass is 9.76. The maximum Gasteiger partial charge on any atom is 0.0541 e. The summed E-state index contributed by atoms with van der Waals surface area (Å²) in [4.78, 5) is 0. The number of hydrogen-bond acceptors (Lipinski definition) is 0. The number of nitrogens with zero attached hydrogens (tertiary/aromatic N) is 1. The number of hydrogen-bond donors (Lipinski definition) is 0. The van der Waals surface area contributed by atoms with Gasteiger partial charge < -0.3 is 4.57 Å². The van der Waals surface area contributed by atoms with Crippen molar-refractivity contribution in [2.75, 3.05) is 0 Å². The molecule has 0 radical (unpaired) electrons. The van der Waals surface area contributed by atoms with Crippen molar-refractivity contribution in [3.63, 3.8) is 0 Å².